The maximum absolute atomic E-state index is 11.0. The van der Waals surface area contributed by atoms with Crippen LogP contribution in [0.4, 0.5) is 11.5 Å². The molecule has 104 valence electrons. The number of nitro groups is 1. The molecule has 0 spiro atoms. The quantitative estimate of drug-likeness (QED) is 0.484. The fourth-order valence-electron chi connectivity index (χ4n) is 2.32. The van der Waals surface area contributed by atoms with Crippen LogP contribution in [0.1, 0.15) is 33.1 Å². The van der Waals surface area contributed by atoms with Gasteiger partial charge in [-0.05, 0) is 29.9 Å². The Hall–Kier alpha value is -1.43. The van der Waals surface area contributed by atoms with Gasteiger partial charge >= 0.3 is 5.69 Å². The van der Waals surface area contributed by atoms with E-state index in [4.69, 9.17) is 11.6 Å². The van der Waals surface area contributed by atoms with Crippen molar-refractivity contribution in [2.45, 2.75) is 33.1 Å². The van der Waals surface area contributed by atoms with Gasteiger partial charge in [0.2, 0.25) is 11.1 Å². The summed E-state index contributed by atoms with van der Waals surface area (Å²) in [5.41, 5.74) is 0.242. The standard InChI is InChI=1S/C12H17ClN4O2/c1-3-12(2)4-6-16(7-5-12)10-9(17(18)19)8-14-11(13)15-10/h8H,3-7H2,1-2H3. The van der Waals surface area contributed by atoms with Gasteiger partial charge in [0.05, 0.1) is 4.92 Å². The van der Waals surface area contributed by atoms with E-state index in [-0.39, 0.29) is 11.0 Å². The van der Waals surface area contributed by atoms with Crippen molar-refractivity contribution in [2.75, 3.05) is 18.0 Å². The van der Waals surface area contributed by atoms with Gasteiger partial charge < -0.3 is 4.90 Å². The van der Waals surface area contributed by atoms with E-state index >= 15 is 0 Å². The molecule has 1 saturated heterocycles. The van der Waals surface area contributed by atoms with Gasteiger partial charge in [0.25, 0.3) is 0 Å². The third-order valence-corrected chi connectivity index (χ3v) is 4.22. The van der Waals surface area contributed by atoms with Crippen LogP contribution in [0.15, 0.2) is 6.20 Å². The molecule has 0 N–H and O–H groups in total. The molecular weight excluding hydrogens is 268 g/mol. The minimum absolute atomic E-state index is 0.0458. The number of anilines is 1. The molecule has 2 heterocycles. The highest BCUT2D eigenvalue weighted by molar-refractivity contribution is 6.28. The summed E-state index contributed by atoms with van der Waals surface area (Å²) >= 11 is 5.75. The third-order valence-electron chi connectivity index (χ3n) is 4.04. The van der Waals surface area contributed by atoms with Crippen LogP contribution >= 0.6 is 11.6 Å². The number of rotatable bonds is 3. The van der Waals surface area contributed by atoms with Gasteiger partial charge in [-0.2, -0.15) is 4.98 Å². The van der Waals surface area contributed by atoms with Crippen LogP contribution in [0.5, 0.6) is 0 Å². The molecule has 0 unspecified atom stereocenters. The third kappa shape index (κ3) is 2.94. The van der Waals surface area contributed by atoms with E-state index in [1.807, 2.05) is 4.90 Å². The van der Waals surface area contributed by atoms with Crippen molar-refractivity contribution in [3.63, 3.8) is 0 Å². The van der Waals surface area contributed by atoms with E-state index in [2.05, 4.69) is 23.8 Å². The maximum Gasteiger partial charge on any atom is 0.329 e. The summed E-state index contributed by atoms with van der Waals surface area (Å²) in [5, 5.41) is 11.1. The van der Waals surface area contributed by atoms with Gasteiger partial charge in [-0.3, -0.25) is 10.1 Å². The van der Waals surface area contributed by atoms with Crippen LogP contribution in [0, 0.1) is 15.5 Å². The monoisotopic (exact) mass is 284 g/mol. The van der Waals surface area contributed by atoms with Crippen LogP contribution in [0.2, 0.25) is 5.28 Å². The van der Waals surface area contributed by atoms with Gasteiger partial charge in [-0.15, -0.1) is 0 Å². The van der Waals surface area contributed by atoms with Crippen LogP contribution in [0.25, 0.3) is 0 Å². The van der Waals surface area contributed by atoms with Crippen molar-refractivity contribution in [3.8, 4) is 0 Å². The summed E-state index contributed by atoms with van der Waals surface area (Å²) < 4.78 is 0. The predicted molar refractivity (Wildman–Crippen MR) is 73.5 cm³/mol. The summed E-state index contributed by atoms with van der Waals surface area (Å²) in [6, 6.07) is 0. The molecule has 0 radical (unpaired) electrons. The molecule has 6 nitrogen and oxygen atoms in total. The van der Waals surface area contributed by atoms with Crippen molar-refractivity contribution >= 4 is 23.1 Å². The highest BCUT2D eigenvalue weighted by atomic mass is 35.5. The molecule has 1 aliphatic rings. The van der Waals surface area contributed by atoms with E-state index in [9.17, 15) is 10.1 Å². The largest absolute Gasteiger partial charge is 0.351 e. The van der Waals surface area contributed by atoms with E-state index < -0.39 is 4.92 Å². The van der Waals surface area contributed by atoms with E-state index in [1.165, 1.54) is 6.20 Å². The zero-order chi connectivity index (χ0) is 14.0. The summed E-state index contributed by atoms with van der Waals surface area (Å²) in [5.74, 6) is 0.336. The minimum atomic E-state index is -0.459. The molecule has 1 aliphatic heterocycles. The fraction of sp³-hybridized carbons (Fsp3) is 0.667. The molecule has 2 rings (SSSR count). The zero-order valence-electron chi connectivity index (χ0n) is 11.1. The summed E-state index contributed by atoms with van der Waals surface area (Å²) in [6.07, 6.45) is 4.30. The van der Waals surface area contributed by atoms with Crippen LogP contribution < -0.4 is 4.90 Å². The number of aromatic nitrogens is 2. The Morgan fingerprint density at radius 2 is 2.16 bits per heavy atom. The smallest absolute Gasteiger partial charge is 0.329 e. The lowest BCUT2D eigenvalue weighted by atomic mass is 9.78. The van der Waals surface area contributed by atoms with E-state index in [0.717, 1.165) is 32.4 Å². The molecule has 0 atom stereocenters. The van der Waals surface area contributed by atoms with E-state index in [0.29, 0.717) is 11.2 Å². The highest BCUT2D eigenvalue weighted by Gasteiger charge is 2.32. The molecule has 1 fully saturated rings. The first-order valence-corrected chi connectivity index (χ1v) is 6.75. The van der Waals surface area contributed by atoms with Crippen molar-refractivity contribution < 1.29 is 4.92 Å². The molecule has 1 aromatic rings. The molecule has 7 heteroatoms. The van der Waals surface area contributed by atoms with Gasteiger partial charge in [0, 0.05) is 13.1 Å². The van der Waals surface area contributed by atoms with Gasteiger partial charge in [0.1, 0.15) is 6.20 Å². The first kappa shape index (κ1) is 14.0. The lowest BCUT2D eigenvalue weighted by molar-refractivity contribution is -0.384. The molecule has 0 aromatic carbocycles. The van der Waals surface area contributed by atoms with Crippen molar-refractivity contribution in [3.05, 3.63) is 21.6 Å². The number of hydrogen-bond donors (Lipinski definition) is 0. The Kier molecular flexibility index (Phi) is 3.89. The minimum Gasteiger partial charge on any atom is -0.351 e. The number of hydrogen-bond acceptors (Lipinski definition) is 5. The van der Waals surface area contributed by atoms with E-state index in [1.54, 1.807) is 0 Å². The number of piperidine rings is 1. The van der Waals surface area contributed by atoms with Gasteiger partial charge in [0.15, 0.2) is 0 Å². The lowest BCUT2D eigenvalue weighted by Crippen LogP contribution is -2.39. The molecule has 1 aromatic heterocycles. The Morgan fingerprint density at radius 3 is 2.68 bits per heavy atom. The molecule has 0 bridgehead atoms. The first-order valence-electron chi connectivity index (χ1n) is 6.37. The highest BCUT2D eigenvalue weighted by Crippen LogP contribution is 2.37. The first-order chi connectivity index (χ1) is 8.95. The summed E-state index contributed by atoms with van der Waals surface area (Å²) in [6.45, 7) is 5.96. The molecule has 19 heavy (non-hydrogen) atoms. The second-order valence-electron chi connectivity index (χ2n) is 5.26. The van der Waals surface area contributed by atoms with Crippen LogP contribution in [-0.4, -0.2) is 28.0 Å². The zero-order valence-corrected chi connectivity index (χ0v) is 11.9. The topological polar surface area (TPSA) is 72.2 Å². The number of halogens is 1. The van der Waals surface area contributed by atoms with Gasteiger partial charge in [-0.1, -0.05) is 20.3 Å². The summed E-state index contributed by atoms with van der Waals surface area (Å²) in [4.78, 5) is 20.2. The lowest BCUT2D eigenvalue weighted by Gasteiger charge is -2.39. The Balaban J connectivity index is 2.24. The Morgan fingerprint density at radius 1 is 1.53 bits per heavy atom. The average molecular weight is 285 g/mol. The normalized spacial score (nSPS) is 18.4. The van der Waals surface area contributed by atoms with Gasteiger partial charge in [-0.25, -0.2) is 4.98 Å². The molecular formula is C12H17ClN4O2. The van der Waals surface area contributed by atoms with Crippen molar-refractivity contribution in [2.24, 2.45) is 5.41 Å². The molecule has 0 aliphatic carbocycles. The fourth-order valence-corrected chi connectivity index (χ4v) is 2.45. The number of nitrogens with zero attached hydrogens (tertiary/aromatic N) is 4. The van der Waals surface area contributed by atoms with Crippen LogP contribution in [-0.2, 0) is 0 Å². The average Bonchev–Trinajstić information content (AvgIpc) is 2.39. The van der Waals surface area contributed by atoms with Crippen molar-refractivity contribution in [1.82, 2.24) is 9.97 Å². The second-order valence-corrected chi connectivity index (χ2v) is 5.59. The van der Waals surface area contributed by atoms with Crippen molar-refractivity contribution in [1.29, 1.82) is 0 Å². The Labute approximate surface area is 117 Å². The summed E-state index contributed by atoms with van der Waals surface area (Å²) in [7, 11) is 0. The maximum atomic E-state index is 11.0. The SMILES string of the molecule is CCC1(C)CCN(c2nc(Cl)ncc2[N+](=O)[O-])CC1. The predicted octanol–water partition coefficient (Wildman–Crippen LogP) is 3.05. The Bertz CT molecular complexity index is 487. The second kappa shape index (κ2) is 5.28. The molecule has 0 saturated carbocycles. The van der Waals surface area contributed by atoms with Crippen LogP contribution in [0.3, 0.4) is 0 Å². The molecule has 0 amide bonds.